The average molecular weight is 410 g/mol. The Kier molecular flexibility index (Phi) is 4.83. The van der Waals surface area contributed by atoms with Crippen LogP contribution in [0.2, 0.25) is 0 Å². The summed E-state index contributed by atoms with van der Waals surface area (Å²) in [6.45, 7) is 9.39. The SMILES string of the molecule is CC(=O)c1c(C)nn(CC(=O)N2CCCC2c2cc3nc(C)c(C)c(=O)n3[nH]2)c1C. The minimum absolute atomic E-state index is 0.0515. The van der Waals surface area contributed by atoms with Crippen molar-refractivity contribution in [2.75, 3.05) is 6.54 Å². The van der Waals surface area contributed by atoms with Crippen molar-refractivity contribution in [1.29, 1.82) is 0 Å². The minimum atomic E-state index is -0.150. The molecule has 0 spiro atoms. The van der Waals surface area contributed by atoms with Gasteiger partial charge in [-0.25, -0.2) is 9.50 Å². The number of aromatic amines is 1. The number of aryl methyl sites for hydroxylation is 2. The van der Waals surface area contributed by atoms with E-state index in [1.807, 2.05) is 24.8 Å². The molecule has 4 heterocycles. The number of H-pyrrole nitrogens is 1. The van der Waals surface area contributed by atoms with Crippen LogP contribution in [0.5, 0.6) is 0 Å². The zero-order valence-corrected chi connectivity index (χ0v) is 17.9. The van der Waals surface area contributed by atoms with Crippen molar-refractivity contribution < 1.29 is 9.59 Å². The van der Waals surface area contributed by atoms with Gasteiger partial charge in [-0.05, 0) is 47.5 Å². The predicted molar refractivity (Wildman–Crippen MR) is 111 cm³/mol. The molecule has 1 aliphatic rings. The van der Waals surface area contributed by atoms with Crippen LogP contribution in [-0.2, 0) is 11.3 Å². The van der Waals surface area contributed by atoms with Crippen LogP contribution in [0.4, 0.5) is 0 Å². The first kappa shape index (κ1) is 20.1. The molecule has 0 aliphatic carbocycles. The monoisotopic (exact) mass is 410 g/mol. The first-order valence-electron chi connectivity index (χ1n) is 10.1. The quantitative estimate of drug-likeness (QED) is 0.663. The summed E-state index contributed by atoms with van der Waals surface area (Å²) in [4.78, 5) is 43.8. The Hall–Kier alpha value is -3.23. The van der Waals surface area contributed by atoms with E-state index in [-0.39, 0.29) is 29.8 Å². The van der Waals surface area contributed by atoms with Crippen LogP contribution in [0.15, 0.2) is 10.9 Å². The normalized spacial score (nSPS) is 16.6. The molecule has 1 unspecified atom stereocenters. The van der Waals surface area contributed by atoms with Crippen molar-refractivity contribution >= 4 is 17.3 Å². The molecule has 0 aromatic carbocycles. The smallest absolute Gasteiger partial charge is 0.275 e. The van der Waals surface area contributed by atoms with Gasteiger partial charge in [0, 0.05) is 29.6 Å². The molecule has 1 aliphatic heterocycles. The van der Waals surface area contributed by atoms with E-state index in [0.717, 1.165) is 18.5 Å². The third-order valence-corrected chi connectivity index (χ3v) is 6.05. The van der Waals surface area contributed by atoms with Crippen molar-refractivity contribution in [2.45, 2.75) is 60.0 Å². The lowest BCUT2D eigenvalue weighted by atomic mass is 10.1. The average Bonchev–Trinajstić information content (AvgIpc) is 3.37. The van der Waals surface area contributed by atoms with Gasteiger partial charge in [-0.15, -0.1) is 0 Å². The Labute approximate surface area is 173 Å². The molecular weight excluding hydrogens is 384 g/mol. The van der Waals surface area contributed by atoms with Crippen LogP contribution >= 0.6 is 0 Å². The van der Waals surface area contributed by atoms with Gasteiger partial charge in [-0.2, -0.15) is 5.10 Å². The van der Waals surface area contributed by atoms with Crippen molar-refractivity contribution in [1.82, 2.24) is 29.3 Å². The standard InChI is InChI=1S/C21H26N6O3/c1-11-12(2)22-18-9-16(24-27(18)21(11)30)17-7-6-8-25(17)19(29)10-26-14(4)20(15(5)28)13(3)23-26/h9,17,24H,6-8,10H2,1-5H3. The van der Waals surface area contributed by atoms with Gasteiger partial charge in [0.15, 0.2) is 11.4 Å². The summed E-state index contributed by atoms with van der Waals surface area (Å²) >= 11 is 0. The Bertz CT molecular complexity index is 1230. The van der Waals surface area contributed by atoms with Gasteiger partial charge < -0.3 is 4.90 Å². The van der Waals surface area contributed by atoms with Gasteiger partial charge in [0.05, 0.1) is 23.0 Å². The van der Waals surface area contributed by atoms with Gasteiger partial charge in [-0.3, -0.25) is 24.2 Å². The number of Topliss-reactive ketones (excluding diaryl/α,β-unsaturated/α-hetero) is 1. The van der Waals surface area contributed by atoms with Crippen molar-refractivity contribution in [2.24, 2.45) is 0 Å². The number of rotatable bonds is 4. The summed E-state index contributed by atoms with van der Waals surface area (Å²) in [6.07, 6.45) is 1.68. The molecule has 158 valence electrons. The summed E-state index contributed by atoms with van der Waals surface area (Å²) in [5.74, 6) is -0.117. The highest BCUT2D eigenvalue weighted by Crippen LogP contribution is 2.31. The Balaban J connectivity index is 1.63. The van der Waals surface area contributed by atoms with E-state index in [1.54, 1.807) is 18.5 Å². The fourth-order valence-electron chi connectivity index (χ4n) is 4.38. The van der Waals surface area contributed by atoms with Crippen LogP contribution in [0, 0.1) is 27.7 Å². The summed E-state index contributed by atoms with van der Waals surface area (Å²) in [5, 5.41) is 7.53. The third-order valence-electron chi connectivity index (χ3n) is 6.05. The van der Waals surface area contributed by atoms with Crippen LogP contribution < -0.4 is 5.56 Å². The van der Waals surface area contributed by atoms with E-state index < -0.39 is 0 Å². The van der Waals surface area contributed by atoms with Crippen LogP contribution in [-0.4, -0.2) is 47.5 Å². The van der Waals surface area contributed by atoms with Gasteiger partial charge in [0.25, 0.3) is 5.56 Å². The van der Waals surface area contributed by atoms with Crippen LogP contribution in [0.1, 0.15) is 64.5 Å². The molecule has 1 amide bonds. The summed E-state index contributed by atoms with van der Waals surface area (Å²) in [5.41, 5.74) is 4.46. The van der Waals surface area contributed by atoms with E-state index in [4.69, 9.17) is 0 Å². The van der Waals surface area contributed by atoms with Crippen LogP contribution in [0.25, 0.3) is 5.65 Å². The molecule has 4 rings (SSSR count). The van der Waals surface area contributed by atoms with E-state index in [2.05, 4.69) is 15.2 Å². The third kappa shape index (κ3) is 3.14. The number of amides is 1. The second-order valence-electron chi connectivity index (χ2n) is 8.04. The van der Waals surface area contributed by atoms with Gasteiger partial charge in [0.2, 0.25) is 5.91 Å². The topological polar surface area (TPSA) is 105 Å². The number of likely N-dealkylation sites (tertiary alicyclic amines) is 1. The zero-order chi connectivity index (χ0) is 21.7. The number of carbonyl (C=O) groups excluding carboxylic acids is 2. The summed E-state index contributed by atoms with van der Waals surface area (Å²) < 4.78 is 3.05. The molecule has 30 heavy (non-hydrogen) atoms. The minimum Gasteiger partial charge on any atom is -0.333 e. The van der Waals surface area contributed by atoms with Gasteiger partial charge in [-0.1, -0.05) is 0 Å². The Morgan fingerprint density at radius 3 is 2.60 bits per heavy atom. The Morgan fingerprint density at radius 1 is 1.20 bits per heavy atom. The highest BCUT2D eigenvalue weighted by atomic mass is 16.2. The molecule has 0 bridgehead atoms. The Morgan fingerprint density at radius 2 is 1.93 bits per heavy atom. The highest BCUT2D eigenvalue weighted by Gasteiger charge is 2.32. The largest absolute Gasteiger partial charge is 0.333 e. The fourth-order valence-corrected chi connectivity index (χ4v) is 4.38. The van der Waals surface area contributed by atoms with Crippen molar-refractivity contribution in [3.8, 4) is 0 Å². The number of nitrogens with zero attached hydrogens (tertiary/aromatic N) is 5. The number of fused-ring (bicyclic) bond motifs is 1. The summed E-state index contributed by atoms with van der Waals surface area (Å²) in [7, 11) is 0. The molecule has 9 heteroatoms. The second kappa shape index (κ2) is 7.23. The molecule has 0 saturated carbocycles. The van der Waals surface area contributed by atoms with E-state index >= 15 is 0 Å². The maximum atomic E-state index is 13.1. The lowest BCUT2D eigenvalue weighted by Gasteiger charge is -2.24. The second-order valence-corrected chi connectivity index (χ2v) is 8.04. The number of nitrogens with one attached hydrogen (secondary N) is 1. The first-order valence-corrected chi connectivity index (χ1v) is 10.1. The molecule has 3 aromatic rings. The molecule has 1 N–H and O–H groups in total. The fraction of sp³-hybridized carbons (Fsp3) is 0.476. The van der Waals surface area contributed by atoms with Gasteiger partial charge >= 0.3 is 0 Å². The maximum absolute atomic E-state index is 13.1. The first-order chi connectivity index (χ1) is 14.2. The lowest BCUT2D eigenvalue weighted by Crippen LogP contribution is -2.34. The molecule has 1 fully saturated rings. The predicted octanol–water partition coefficient (Wildman–Crippen LogP) is 2.02. The number of ketones is 1. The molecule has 3 aromatic heterocycles. The highest BCUT2D eigenvalue weighted by molar-refractivity contribution is 5.96. The number of hydrogen-bond acceptors (Lipinski definition) is 5. The summed E-state index contributed by atoms with van der Waals surface area (Å²) in [6, 6.07) is 1.70. The van der Waals surface area contributed by atoms with Gasteiger partial charge in [0.1, 0.15) is 6.54 Å². The number of carbonyl (C=O) groups is 2. The zero-order valence-electron chi connectivity index (χ0n) is 17.9. The number of hydrogen-bond donors (Lipinski definition) is 1. The van der Waals surface area contributed by atoms with E-state index in [0.29, 0.717) is 40.4 Å². The van der Waals surface area contributed by atoms with Crippen molar-refractivity contribution in [3.63, 3.8) is 0 Å². The van der Waals surface area contributed by atoms with E-state index in [1.165, 1.54) is 11.4 Å². The molecule has 1 atom stereocenters. The number of aromatic nitrogens is 5. The molecule has 9 nitrogen and oxygen atoms in total. The van der Waals surface area contributed by atoms with Crippen LogP contribution in [0.3, 0.4) is 0 Å². The van der Waals surface area contributed by atoms with Crippen molar-refractivity contribution in [3.05, 3.63) is 50.3 Å². The molecule has 0 radical (unpaired) electrons. The van der Waals surface area contributed by atoms with E-state index in [9.17, 15) is 14.4 Å². The molecular formula is C21H26N6O3. The maximum Gasteiger partial charge on any atom is 0.275 e. The molecule has 1 saturated heterocycles. The lowest BCUT2D eigenvalue weighted by molar-refractivity contribution is -0.133.